The minimum absolute atomic E-state index is 0.0586. The van der Waals surface area contributed by atoms with Crippen molar-refractivity contribution in [1.82, 2.24) is 4.98 Å². The van der Waals surface area contributed by atoms with Gasteiger partial charge in [0, 0.05) is 19.3 Å². The van der Waals surface area contributed by atoms with Gasteiger partial charge in [0.25, 0.3) is 0 Å². The maximum absolute atomic E-state index is 10.9. The van der Waals surface area contributed by atoms with E-state index in [1.165, 1.54) is 12.4 Å². The van der Waals surface area contributed by atoms with Gasteiger partial charge in [-0.2, -0.15) is 0 Å². The fraction of sp³-hybridized carbons (Fsp3) is 0.545. The highest BCUT2D eigenvalue weighted by Crippen LogP contribution is 2.31. The number of halogens is 1. The summed E-state index contributed by atoms with van der Waals surface area (Å²) in [6.45, 7) is 6.81. The number of hydrogen-bond donors (Lipinski definition) is 1. The normalized spacial score (nSPS) is 11.3. The number of aromatic nitrogens is 1. The van der Waals surface area contributed by atoms with Crippen LogP contribution >= 0.6 is 15.9 Å². The van der Waals surface area contributed by atoms with Crippen LogP contribution in [0, 0.1) is 10.1 Å². The van der Waals surface area contributed by atoms with E-state index >= 15 is 0 Å². The molecule has 0 saturated carbocycles. The van der Waals surface area contributed by atoms with Gasteiger partial charge in [0.05, 0.1) is 15.0 Å². The van der Waals surface area contributed by atoms with Crippen LogP contribution < -0.4 is 5.32 Å². The topological polar surface area (TPSA) is 77.3 Å². The number of rotatable bonds is 6. The number of nitrogens with zero attached hydrogens (tertiary/aromatic N) is 2. The summed E-state index contributed by atoms with van der Waals surface area (Å²) >= 11 is 3.25. The average Bonchev–Trinajstić information content (AvgIpc) is 2.26. The molecule has 6 nitrogen and oxygen atoms in total. The van der Waals surface area contributed by atoms with Crippen molar-refractivity contribution < 1.29 is 9.66 Å². The minimum atomic E-state index is -0.465. The zero-order chi connectivity index (χ0) is 13.8. The number of anilines is 1. The van der Waals surface area contributed by atoms with E-state index < -0.39 is 10.5 Å². The molecule has 0 saturated heterocycles. The van der Waals surface area contributed by atoms with E-state index in [2.05, 4.69) is 26.2 Å². The highest BCUT2D eigenvalue weighted by Gasteiger charge is 2.22. The fourth-order valence-corrected chi connectivity index (χ4v) is 1.94. The van der Waals surface area contributed by atoms with Crippen molar-refractivity contribution in [2.24, 2.45) is 0 Å². The molecule has 1 N–H and O–H groups in total. The summed E-state index contributed by atoms with van der Waals surface area (Å²) in [5.41, 5.74) is -0.0369. The van der Waals surface area contributed by atoms with Crippen molar-refractivity contribution in [3.8, 4) is 0 Å². The third-order valence-corrected chi connectivity index (χ3v) is 2.90. The Hall–Kier alpha value is -1.21. The molecule has 0 radical (unpaired) electrons. The highest BCUT2D eigenvalue weighted by atomic mass is 79.9. The molecule has 1 aromatic heterocycles. The second kappa shape index (κ2) is 6.10. The monoisotopic (exact) mass is 317 g/mol. The first-order chi connectivity index (χ1) is 8.37. The highest BCUT2D eigenvalue weighted by molar-refractivity contribution is 9.10. The average molecular weight is 318 g/mol. The molecule has 1 heterocycles. The molecular weight excluding hydrogens is 302 g/mol. The van der Waals surface area contributed by atoms with Crippen LogP contribution in [0.1, 0.15) is 20.8 Å². The Balaban J connectivity index is 2.87. The van der Waals surface area contributed by atoms with Crippen LogP contribution in [0.25, 0.3) is 0 Å². The number of hydrogen-bond acceptors (Lipinski definition) is 5. The Morgan fingerprint density at radius 3 is 2.78 bits per heavy atom. The first-order valence-corrected chi connectivity index (χ1v) is 6.32. The van der Waals surface area contributed by atoms with Gasteiger partial charge in [-0.25, -0.2) is 0 Å². The van der Waals surface area contributed by atoms with E-state index in [0.29, 0.717) is 23.3 Å². The summed E-state index contributed by atoms with van der Waals surface area (Å²) in [5.74, 6) is 0. The summed E-state index contributed by atoms with van der Waals surface area (Å²) in [5, 5.41) is 13.9. The Morgan fingerprint density at radius 2 is 2.22 bits per heavy atom. The molecule has 0 amide bonds. The Bertz CT molecular complexity index is 438. The molecule has 1 rings (SSSR count). The fourth-order valence-electron chi connectivity index (χ4n) is 1.48. The van der Waals surface area contributed by atoms with Crippen LogP contribution in [0.3, 0.4) is 0 Å². The third-order valence-electron chi connectivity index (χ3n) is 2.30. The first kappa shape index (κ1) is 14.8. The molecule has 18 heavy (non-hydrogen) atoms. The predicted octanol–water partition coefficient (Wildman–Crippen LogP) is 2.98. The molecular formula is C11H16BrN3O3. The van der Waals surface area contributed by atoms with E-state index in [0.717, 1.165) is 0 Å². The van der Waals surface area contributed by atoms with Crippen LogP contribution in [0.2, 0.25) is 0 Å². The van der Waals surface area contributed by atoms with E-state index in [1.807, 2.05) is 20.8 Å². The Labute approximate surface area is 114 Å². The molecule has 0 atom stereocenters. The van der Waals surface area contributed by atoms with Crippen molar-refractivity contribution in [1.29, 1.82) is 0 Å². The van der Waals surface area contributed by atoms with Crippen LogP contribution in [-0.4, -0.2) is 28.7 Å². The minimum Gasteiger partial charge on any atom is -0.376 e. The lowest BCUT2D eigenvalue weighted by atomic mass is 10.1. The largest absolute Gasteiger partial charge is 0.376 e. The van der Waals surface area contributed by atoms with Crippen molar-refractivity contribution in [3.63, 3.8) is 0 Å². The van der Waals surface area contributed by atoms with E-state index in [-0.39, 0.29) is 5.69 Å². The van der Waals surface area contributed by atoms with Gasteiger partial charge in [-0.3, -0.25) is 15.1 Å². The molecule has 100 valence electrons. The maximum Gasteiger partial charge on any atom is 0.311 e. The second-order valence-electron chi connectivity index (χ2n) is 4.32. The summed E-state index contributed by atoms with van der Waals surface area (Å²) in [7, 11) is 0. The molecule has 1 aromatic rings. The number of pyridine rings is 1. The third kappa shape index (κ3) is 3.92. The number of ether oxygens (including phenoxy) is 1. The van der Waals surface area contributed by atoms with Gasteiger partial charge >= 0.3 is 5.69 Å². The van der Waals surface area contributed by atoms with Crippen molar-refractivity contribution in [3.05, 3.63) is 27.0 Å². The zero-order valence-electron chi connectivity index (χ0n) is 10.6. The van der Waals surface area contributed by atoms with Crippen LogP contribution in [0.5, 0.6) is 0 Å². The van der Waals surface area contributed by atoms with E-state index in [1.54, 1.807) is 0 Å². The quantitative estimate of drug-likeness (QED) is 0.644. The standard InChI is InChI=1S/C11H16BrN3O3/c1-4-18-11(2,3)7-14-10-8(12)5-13-6-9(10)15(16)17/h5-6H,4,7H2,1-3H3,(H,13,14). The summed E-state index contributed by atoms with van der Waals surface area (Å²) in [6, 6.07) is 0. The maximum atomic E-state index is 10.9. The summed E-state index contributed by atoms with van der Waals surface area (Å²) in [4.78, 5) is 14.2. The molecule has 7 heteroatoms. The van der Waals surface area contributed by atoms with Gasteiger partial charge in [-0.1, -0.05) is 0 Å². The molecule has 0 fully saturated rings. The SMILES string of the molecule is CCOC(C)(C)CNc1c(Br)cncc1[N+](=O)[O-]. The van der Waals surface area contributed by atoms with Gasteiger partial charge < -0.3 is 10.1 Å². The van der Waals surface area contributed by atoms with E-state index in [9.17, 15) is 10.1 Å². The van der Waals surface area contributed by atoms with Gasteiger partial charge in [0.2, 0.25) is 0 Å². The second-order valence-corrected chi connectivity index (χ2v) is 5.17. The lowest BCUT2D eigenvalue weighted by molar-refractivity contribution is -0.384. The summed E-state index contributed by atoms with van der Waals surface area (Å²) < 4.78 is 6.09. The Morgan fingerprint density at radius 1 is 1.56 bits per heavy atom. The molecule has 0 aliphatic rings. The summed E-state index contributed by atoms with van der Waals surface area (Å²) in [6.07, 6.45) is 2.74. The van der Waals surface area contributed by atoms with Crippen molar-refractivity contribution in [2.45, 2.75) is 26.4 Å². The van der Waals surface area contributed by atoms with Gasteiger partial charge in [-0.05, 0) is 36.7 Å². The van der Waals surface area contributed by atoms with Crippen molar-refractivity contribution >= 4 is 27.3 Å². The van der Waals surface area contributed by atoms with Crippen LogP contribution in [0.15, 0.2) is 16.9 Å². The Kier molecular flexibility index (Phi) is 5.03. The lowest BCUT2D eigenvalue weighted by Gasteiger charge is -2.25. The number of nitro groups is 1. The smallest absolute Gasteiger partial charge is 0.311 e. The molecule has 0 aliphatic carbocycles. The van der Waals surface area contributed by atoms with Crippen LogP contribution in [0.4, 0.5) is 11.4 Å². The molecule has 0 aliphatic heterocycles. The molecule has 0 spiro atoms. The zero-order valence-corrected chi connectivity index (χ0v) is 12.2. The van der Waals surface area contributed by atoms with E-state index in [4.69, 9.17) is 4.74 Å². The number of nitrogens with one attached hydrogen (secondary N) is 1. The molecule has 0 bridgehead atoms. The van der Waals surface area contributed by atoms with Gasteiger partial charge in [0.1, 0.15) is 11.9 Å². The van der Waals surface area contributed by atoms with Crippen molar-refractivity contribution in [2.75, 3.05) is 18.5 Å². The lowest BCUT2D eigenvalue weighted by Crippen LogP contribution is -2.33. The van der Waals surface area contributed by atoms with Gasteiger partial charge in [0.15, 0.2) is 0 Å². The first-order valence-electron chi connectivity index (χ1n) is 5.53. The predicted molar refractivity (Wildman–Crippen MR) is 72.8 cm³/mol. The van der Waals surface area contributed by atoms with Gasteiger partial charge in [-0.15, -0.1) is 0 Å². The van der Waals surface area contributed by atoms with Crippen LogP contribution in [-0.2, 0) is 4.74 Å². The molecule has 0 unspecified atom stereocenters. The molecule has 0 aromatic carbocycles.